The van der Waals surface area contributed by atoms with Crippen LogP contribution in [0.4, 0.5) is 5.95 Å². The number of anilines is 1. The average Bonchev–Trinajstić information content (AvgIpc) is 3.45. The van der Waals surface area contributed by atoms with E-state index in [0.29, 0.717) is 22.6 Å². The molecule has 8 heteroatoms. The fraction of sp³-hybridized carbons (Fsp3) is 0.143. The van der Waals surface area contributed by atoms with Crippen LogP contribution in [0.15, 0.2) is 53.5 Å². The molecule has 0 aliphatic rings. The molecular formula is C21H18N6O2. The molecule has 144 valence electrons. The SMILES string of the molecule is CCc1ccc(-c2cnn(C)c2)c2nc(NC(=O)c3ccc4ocnc4c3)[nH]c12. The molecule has 1 amide bonds. The molecule has 0 bridgehead atoms. The molecule has 0 aliphatic carbocycles. The summed E-state index contributed by atoms with van der Waals surface area (Å²) in [7, 11) is 1.88. The van der Waals surface area contributed by atoms with Gasteiger partial charge in [0, 0.05) is 29.9 Å². The van der Waals surface area contributed by atoms with Crippen LogP contribution in [0.3, 0.4) is 0 Å². The minimum atomic E-state index is -0.269. The van der Waals surface area contributed by atoms with Crippen LogP contribution in [-0.4, -0.2) is 30.6 Å². The Bertz CT molecular complexity index is 1360. The molecule has 0 spiro atoms. The number of amides is 1. The smallest absolute Gasteiger partial charge is 0.258 e. The third kappa shape index (κ3) is 2.94. The summed E-state index contributed by atoms with van der Waals surface area (Å²) in [5.41, 5.74) is 6.54. The van der Waals surface area contributed by atoms with Crippen molar-refractivity contribution in [3.63, 3.8) is 0 Å². The highest BCUT2D eigenvalue weighted by molar-refractivity contribution is 6.06. The fourth-order valence-electron chi connectivity index (χ4n) is 3.47. The monoisotopic (exact) mass is 386 g/mol. The van der Waals surface area contributed by atoms with Crippen LogP contribution >= 0.6 is 0 Å². The molecule has 0 radical (unpaired) electrons. The number of aromatic nitrogens is 5. The van der Waals surface area contributed by atoms with E-state index in [0.717, 1.165) is 34.1 Å². The Morgan fingerprint density at radius 3 is 2.97 bits per heavy atom. The zero-order valence-corrected chi connectivity index (χ0v) is 15.9. The van der Waals surface area contributed by atoms with Crippen LogP contribution in [-0.2, 0) is 13.5 Å². The number of aromatic amines is 1. The Morgan fingerprint density at radius 2 is 2.17 bits per heavy atom. The highest BCUT2D eigenvalue weighted by atomic mass is 16.3. The Kier molecular flexibility index (Phi) is 3.90. The number of carbonyl (C=O) groups excluding carboxylic acids is 1. The summed E-state index contributed by atoms with van der Waals surface area (Å²) in [6.45, 7) is 2.09. The van der Waals surface area contributed by atoms with E-state index in [1.54, 1.807) is 29.1 Å². The first-order valence-corrected chi connectivity index (χ1v) is 9.27. The second-order valence-electron chi connectivity index (χ2n) is 6.83. The third-order valence-corrected chi connectivity index (χ3v) is 4.95. The van der Waals surface area contributed by atoms with Gasteiger partial charge in [0.2, 0.25) is 5.95 Å². The van der Waals surface area contributed by atoms with Gasteiger partial charge >= 0.3 is 0 Å². The summed E-state index contributed by atoms with van der Waals surface area (Å²) in [5, 5.41) is 7.11. The summed E-state index contributed by atoms with van der Waals surface area (Å²) < 4.78 is 6.98. The van der Waals surface area contributed by atoms with Crippen LogP contribution in [0.1, 0.15) is 22.8 Å². The number of benzene rings is 2. The van der Waals surface area contributed by atoms with E-state index < -0.39 is 0 Å². The number of hydrogen-bond acceptors (Lipinski definition) is 5. The lowest BCUT2D eigenvalue weighted by Gasteiger charge is -2.03. The zero-order chi connectivity index (χ0) is 20.0. The van der Waals surface area contributed by atoms with Gasteiger partial charge in [-0.25, -0.2) is 9.97 Å². The van der Waals surface area contributed by atoms with E-state index in [1.807, 2.05) is 19.3 Å². The van der Waals surface area contributed by atoms with E-state index in [4.69, 9.17) is 4.42 Å². The molecule has 0 aliphatic heterocycles. The lowest BCUT2D eigenvalue weighted by molar-refractivity contribution is 0.102. The summed E-state index contributed by atoms with van der Waals surface area (Å²) in [5.74, 6) is 0.131. The minimum absolute atomic E-state index is 0.269. The van der Waals surface area contributed by atoms with Gasteiger partial charge in [-0.1, -0.05) is 19.1 Å². The highest BCUT2D eigenvalue weighted by Crippen LogP contribution is 2.30. The van der Waals surface area contributed by atoms with E-state index in [2.05, 4.69) is 38.4 Å². The Morgan fingerprint density at radius 1 is 1.28 bits per heavy atom. The van der Waals surface area contributed by atoms with Crippen LogP contribution in [0, 0.1) is 0 Å². The molecule has 0 saturated carbocycles. The molecule has 2 aromatic carbocycles. The molecule has 8 nitrogen and oxygen atoms in total. The number of nitrogens with one attached hydrogen (secondary N) is 2. The van der Waals surface area contributed by atoms with Crippen LogP contribution in [0.5, 0.6) is 0 Å². The van der Waals surface area contributed by atoms with Crippen molar-refractivity contribution in [2.24, 2.45) is 7.05 Å². The maximum Gasteiger partial charge on any atom is 0.258 e. The predicted molar refractivity (Wildman–Crippen MR) is 110 cm³/mol. The van der Waals surface area contributed by atoms with Crippen molar-refractivity contribution < 1.29 is 9.21 Å². The first kappa shape index (κ1) is 17.2. The number of nitrogens with zero attached hydrogens (tertiary/aromatic N) is 4. The molecule has 0 saturated heterocycles. The van der Waals surface area contributed by atoms with E-state index in [-0.39, 0.29) is 5.91 Å². The number of rotatable bonds is 4. The Hall–Kier alpha value is -3.94. The average molecular weight is 386 g/mol. The quantitative estimate of drug-likeness (QED) is 0.487. The van der Waals surface area contributed by atoms with E-state index in [9.17, 15) is 4.79 Å². The topological polar surface area (TPSA) is 102 Å². The summed E-state index contributed by atoms with van der Waals surface area (Å²) in [6, 6.07) is 9.24. The number of carbonyl (C=O) groups is 1. The van der Waals surface area contributed by atoms with E-state index >= 15 is 0 Å². The minimum Gasteiger partial charge on any atom is -0.443 e. The standard InChI is InChI=1S/C21H18N6O2/c1-3-12-4-6-15(14-9-23-27(2)10-14)19-18(12)24-21(25-19)26-20(28)13-5-7-17-16(8-13)22-11-29-17/h4-11H,3H2,1-2H3,(H2,24,25,26,28). The lowest BCUT2D eigenvalue weighted by Crippen LogP contribution is -2.12. The molecule has 3 heterocycles. The Balaban J connectivity index is 1.54. The van der Waals surface area contributed by atoms with Gasteiger partial charge in [-0.2, -0.15) is 5.10 Å². The largest absolute Gasteiger partial charge is 0.443 e. The maximum atomic E-state index is 12.7. The molecule has 5 aromatic rings. The molecule has 2 N–H and O–H groups in total. The van der Waals surface area contributed by atoms with Crippen molar-refractivity contribution >= 4 is 34.0 Å². The van der Waals surface area contributed by atoms with Gasteiger partial charge in [-0.15, -0.1) is 0 Å². The number of aryl methyl sites for hydroxylation is 2. The fourth-order valence-corrected chi connectivity index (χ4v) is 3.47. The maximum absolute atomic E-state index is 12.7. The van der Waals surface area contributed by atoms with Crippen molar-refractivity contribution in [1.29, 1.82) is 0 Å². The second-order valence-corrected chi connectivity index (χ2v) is 6.83. The number of oxazole rings is 1. The van der Waals surface area contributed by atoms with Gasteiger partial charge in [-0.3, -0.25) is 14.8 Å². The molecule has 0 unspecified atom stereocenters. The first-order chi connectivity index (χ1) is 14.1. The van der Waals surface area contributed by atoms with Gasteiger partial charge < -0.3 is 9.40 Å². The van der Waals surface area contributed by atoms with Crippen LogP contribution in [0.2, 0.25) is 0 Å². The number of hydrogen-bond donors (Lipinski definition) is 2. The normalized spacial score (nSPS) is 11.4. The number of imidazole rings is 1. The third-order valence-electron chi connectivity index (χ3n) is 4.95. The predicted octanol–water partition coefficient (Wildman–Crippen LogP) is 3.92. The van der Waals surface area contributed by atoms with Crippen molar-refractivity contribution in [2.45, 2.75) is 13.3 Å². The molecule has 29 heavy (non-hydrogen) atoms. The van der Waals surface area contributed by atoms with Gasteiger partial charge in [0.15, 0.2) is 12.0 Å². The summed E-state index contributed by atoms with van der Waals surface area (Å²) >= 11 is 0. The highest BCUT2D eigenvalue weighted by Gasteiger charge is 2.16. The Labute approximate surface area is 165 Å². The second kappa shape index (κ2) is 6.59. The van der Waals surface area contributed by atoms with Gasteiger partial charge in [0.25, 0.3) is 5.91 Å². The molecule has 0 fully saturated rings. The summed E-state index contributed by atoms with van der Waals surface area (Å²) in [4.78, 5) is 24.7. The molecule has 3 aromatic heterocycles. The molecule has 0 atom stereocenters. The molecular weight excluding hydrogens is 368 g/mol. The van der Waals surface area contributed by atoms with Crippen molar-refractivity contribution in [3.8, 4) is 11.1 Å². The number of H-pyrrole nitrogens is 1. The summed E-state index contributed by atoms with van der Waals surface area (Å²) in [6.07, 6.45) is 5.96. The zero-order valence-electron chi connectivity index (χ0n) is 15.9. The number of fused-ring (bicyclic) bond motifs is 2. The van der Waals surface area contributed by atoms with E-state index in [1.165, 1.54) is 6.39 Å². The van der Waals surface area contributed by atoms with Crippen molar-refractivity contribution in [3.05, 3.63) is 60.2 Å². The first-order valence-electron chi connectivity index (χ1n) is 9.27. The van der Waals surface area contributed by atoms with Crippen molar-refractivity contribution in [2.75, 3.05) is 5.32 Å². The van der Waals surface area contributed by atoms with Gasteiger partial charge in [-0.05, 0) is 30.2 Å². The van der Waals surface area contributed by atoms with Crippen LogP contribution in [0.25, 0.3) is 33.3 Å². The van der Waals surface area contributed by atoms with Gasteiger partial charge in [0.05, 0.1) is 17.2 Å². The molecule has 5 rings (SSSR count). The van der Waals surface area contributed by atoms with Gasteiger partial charge in [0.1, 0.15) is 5.52 Å². The van der Waals surface area contributed by atoms with Crippen molar-refractivity contribution in [1.82, 2.24) is 24.7 Å². The lowest BCUT2D eigenvalue weighted by atomic mass is 10.0. The van der Waals surface area contributed by atoms with Crippen LogP contribution < -0.4 is 5.32 Å².